The highest BCUT2D eigenvalue weighted by atomic mass is 14.6. The predicted octanol–water partition coefficient (Wildman–Crippen LogP) is 3.63. The first-order chi connectivity index (χ1) is 7.75. The largest absolute Gasteiger partial charge is 0.398 e. The van der Waals surface area contributed by atoms with Crippen molar-refractivity contribution in [2.45, 2.75) is 13.3 Å². The number of nitrogens with two attached hydrogens (primary N) is 1. The van der Waals surface area contributed by atoms with Gasteiger partial charge in [0.2, 0.25) is 0 Å². The van der Waals surface area contributed by atoms with Crippen molar-refractivity contribution in [2.75, 3.05) is 5.73 Å². The molecule has 1 aliphatic rings. The van der Waals surface area contributed by atoms with Crippen LogP contribution in [0.15, 0.2) is 36.4 Å². The van der Waals surface area contributed by atoms with Gasteiger partial charge in [-0.05, 0) is 23.3 Å². The molecule has 1 unspecified atom stereocenters. The third kappa shape index (κ3) is 1.32. The summed E-state index contributed by atoms with van der Waals surface area (Å²) >= 11 is 0. The van der Waals surface area contributed by atoms with Gasteiger partial charge in [0.15, 0.2) is 0 Å². The van der Waals surface area contributed by atoms with Gasteiger partial charge in [0.05, 0.1) is 0 Å². The number of nitrogen functional groups attached to an aromatic ring is 1. The van der Waals surface area contributed by atoms with Crippen molar-refractivity contribution < 1.29 is 0 Å². The average Bonchev–Trinajstić information content (AvgIpc) is 2.29. The second-order valence-electron chi connectivity index (χ2n) is 4.62. The molecule has 1 atom stereocenters. The smallest absolute Gasteiger partial charge is 0.0470 e. The first-order valence-electron chi connectivity index (χ1n) is 5.74. The Morgan fingerprint density at radius 1 is 1.25 bits per heavy atom. The Balaban J connectivity index is 2.35. The number of benzene rings is 2. The number of rotatable bonds is 0. The van der Waals surface area contributed by atoms with Crippen molar-refractivity contribution in [3.8, 4) is 0 Å². The van der Waals surface area contributed by atoms with E-state index >= 15 is 0 Å². The second-order valence-corrected chi connectivity index (χ2v) is 4.62. The van der Waals surface area contributed by atoms with Gasteiger partial charge in [0, 0.05) is 16.6 Å². The molecule has 1 heteroatoms. The van der Waals surface area contributed by atoms with E-state index in [1.54, 1.807) is 0 Å². The van der Waals surface area contributed by atoms with E-state index in [4.69, 9.17) is 5.73 Å². The number of allylic oxidation sites excluding steroid dienone is 1. The van der Waals surface area contributed by atoms with Crippen LogP contribution in [0.5, 0.6) is 0 Å². The lowest BCUT2D eigenvalue weighted by atomic mass is 9.87. The van der Waals surface area contributed by atoms with Crippen LogP contribution in [0.2, 0.25) is 0 Å². The van der Waals surface area contributed by atoms with E-state index in [-0.39, 0.29) is 0 Å². The van der Waals surface area contributed by atoms with E-state index in [9.17, 15) is 0 Å². The Bertz CT molecular complexity index is 581. The molecule has 0 fully saturated rings. The lowest BCUT2D eigenvalue weighted by Crippen LogP contribution is -2.06. The summed E-state index contributed by atoms with van der Waals surface area (Å²) in [6, 6.07) is 10.6. The minimum absolute atomic E-state index is 0.619. The molecule has 0 amide bonds. The maximum atomic E-state index is 6.23. The van der Waals surface area contributed by atoms with Crippen LogP contribution >= 0.6 is 0 Å². The third-order valence-corrected chi connectivity index (χ3v) is 3.35. The van der Waals surface area contributed by atoms with Gasteiger partial charge < -0.3 is 5.73 Å². The van der Waals surface area contributed by atoms with Crippen LogP contribution in [0.1, 0.15) is 18.1 Å². The van der Waals surface area contributed by atoms with Gasteiger partial charge in [-0.3, -0.25) is 0 Å². The first kappa shape index (κ1) is 9.46. The van der Waals surface area contributed by atoms with Crippen molar-refractivity contribution in [1.29, 1.82) is 0 Å². The molecule has 3 rings (SSSR count). The van der Waals surface area contributed by atoms with Gasteiger partial charge in [0.25, 0.3) is 0 Å². The topological polar surface area (TPSA) is 26.0 Å². The third-order valence-electron chi connectivity index (χ3n) is 3.35. The zero-order valence-electron chi connectivity index (χ0n) is 9.40. The lowest BCUT2D eigenvalue weighted by molar-refractivity contribution is 0.718. The van der Waals surface area contributed by atoms with Gasteiger partial charge in [-0.15, -0.1) is 0 Å². The maximum Gasteiger partial charge on any atom is 0.0470 e. The van der Waals surface area contributed by atoms with Gasteiger partial charge in [-0.2, -0.15) is 0 Å². The van der Waals surface area contributed by atoms with Crippen LogP contribution in [-0.4, -0.2) is 0 Å². The molecule has 0 heterocycles. The van der Waals surface area contributed by atoms with Crippen molar-refractivity contribution >= 4 is 22.5 Å². The van der Waals surface area contributed by atoms with Gasteiger partial charge in [-0.1, -0.05) is 49.4 Å². The van der Waals surface area contributed by atoms with Crippen LogP contribution < -0.4 is 5.73 Å². The molecule has 0 radical (unpaired) electrons. The summed E-state index contributed by atoms with van der Waals surface area (Å²) in [6.07, 6.45) is 5.51. The minimum atomic E-state index is 0.619. The molecule has 1 aliphatic carbocycles. The lowest BCUT2D eigenvalue weighted by Gasteiger charge is -2.19. The highest BCUT2D eigenvalue weighted by Crippen LogP contribution is 2.33. The summed E-state index contributed by atoms with van der Waals surface area (Å²) in [6.45, 7) is 2.24. The Kier molecular flexibility index (Phi) is 2.00. The summed E-state index contributed by atoms with van der Waals surface area (Å²) in [5, 5.41) is 2.42. The highest BCUT2D eigenvalue weighted by molar-refractivity contribution is 5.98. The van der Waals surface area contributed by atoms with Gasteiger partial charge >= 0.3 is 0 Å². The van der Waals surface area contributed by atoms with Crippen molar-refractivity contribution in [2.24, 2.45) is 5.92 Å². The SMILES string of the molecule is CC1C=Cc2c(cc3ccccc3c2N)C1. The van der Waals surface area contributed by atoms with Gasteiger partial charge in [0.1, 0.15) is 0 Å². The van der Waals surface area contributed by atoms with Crippen molar-refractivity contribution in [1.82, 2.24) is 0 Å². The summed E-state index contributed by atoms with van der Waals surface area (Å²) in [4.78, 5) is 0. The molecule has 0 saturated heterocycles. The monoisotopic (exact) mass is 209 g/mol. The van der Waals surface area contributed by atoms with Crippen LogP contribution in [0.3, 0.4) is 0 Å². The zero-order chi connectivity index (χ0) is 11.1. The van der Waals surface area contributed by atoms with Crippen molar-refractivity contribution in [3.63, 3.8) is 0 Å². The number of anilines is 1. The minimum Gasteiger partial charge on any atom is -0.398 e. The molecule has 0 saturated carbocycles. The van der Waals surface area contributed by atoms with E-state index in [1.165, 1.54) is 21.9 Å². The van der Waals surface area contributed by atoms with E-state index in [2.05, 4.69) is 43.3 Å². The molecule has 0 aromatic heterocycles. The second kappa shape index (κ2) is 3.38. The molecule has 0 aliphatic heterocycles. The molecule has 2 aromatic carbocycles. The van der Waals surface area contributed by atoms with Crippen molar-refractivity contribution in [3.05, 3.63) is 47.5 Å². The molecule has 2 aromatic rings. The molecule has 16 heavy (non-hydrogen) atoms. The molecule has 2 N–H and O–H groups in total. The Morgan fingerprint density at radius 2 is 2.06 bits per heavy atom. The summed E-state index contributed by atoms with van der Waals surface area (Å²) < 4.78 is 0. The van der Waals surface area contributed by atoms with Gasteiger partial charge in [-0.25, -0.2) is 0 Å². The normalized spacial score (nSPS) is 18.7. The van der Waals surface area contributed by atoms with E-state index < -0.39 is 0 Å². The Hall–Kier alpha value is -1.76. The zero-order valence-corrected chi connectivity index (χ0v) is 9.40. The van der Waals surface area contributed by atoms with Crippen LogP contribution in [0.4, 0.5) is 5.69 Å². The van der Waals surface area contributed by atoms with E-state index in [0.29, 0.717) is 5.92 Å². The summed E-state index contributed by atoms with van der Waals surface area (Å²) in [5.41, 5.74) is 9.76. The molecular formula is C15H15N. The predicted molar refractivity (Wildman–Crippen MR) is 70.3 cm³/mol. The van der Waals surface area contributed by atoms with E-state index in [0.717, 1.165) is 12.1 Å². The van der Waals surface area contributed by atoms with Crippen LogP contribution in [-0.2, 0) is 6.42 Å². The standard InChI is InChI=1S/C15H15N/c1-10-6-7-14-12(8-10)9-11-4-2-3-5-13(11)15(14)16/h2-7,9-10H,8,16H2,1H3. The Labute approximate surface area is 95.6 Å². The number of hydrogen-bond acceptors (Lipinski definition) is 1. The first-order valence-corrected chi connectivity index (χ1v) is 5.74. The molecule has 1 nitrogen and oxygen atoms in total. The summed E-state index contributed by atoms with van der Waals surface area (Å²) in [5.74, 6) is 0.619. The molecule has 0 spiro atoms. The average molecular weight is 209 g/mol. The van der Waals surface area contributed by atoms with E-state index in [1.807, 2.05) is 6.07 Å². The number of hydrogen-bond donors (Lipinski definition) is 1. The fourth-order valence-electron chi connectivity index (χ4n) is 2.49. The van der Waals surface area contributed by atoms with Crippen LogP contribution in [0, 0.1) is 5.92 Å². The highest BCUT2D eigenvalue weighted by Gasteiger charge is 2.14. The molecule has 80 valence electrons. The Morgan fingerprint density at radius 3 is 2.94 bits per heavy atom. The van der Waals surface area contributed by atoms with Crippen LogP contribution in [0.25, 0.3) is 16.8 Å². The molecular weight excluding hydrogens is 194 g/mol. The fourth-order valence-corrected chi connectivity index (χ4v) is 2.49. The maximum absolute atomic E-state index is 6.23. The summed E-state index contributed by atoms with van der Waals surface area (Å²) in [7, 11) is 0. The quantitative estimate of drug-likeness (QED) is 0.659. The fraction of sp³-hybridized carbons (Fsp3) is 0.200. The number of fused-ring (bicyclic) bond motifs is 2. The molecule has 0 bridgehead atoms.